The van der Waals surface area contributed by atoms with E-state index in [1.54, 1.807) is 7.11 Å². The van der Waals surface area contributed by atoms with Gasteiger partial charge in [0.1, 0.15) is 17.6 Å². The third-order valence-electron chi connectivity index (χ3n) is 3.03. The summed E-state index contributed by atoms with van der Waals surface area (Å²) in [7, 11) is 3.55. The summed E-state index contributed by atoms with van der Waals surface area (Å²) in [4.78, 5) is 0. The lowest BCUT2D eigenvalue weighted by Gasteiger charge is -2.24. The molecule has 2 rings (SSSR count). The lowest BCUT2D eigenvalue weighted by molar-refractivity contribution is 0.162. The Morgan fingerprint density at radius 3 is 2.71 bits per heavy atom. The Kier molecular flexibility index (Phi) is 4.09. The molecule has 17 heavy (non-hydrogen) atoms. The summed E-state index contributed by atoms with van der Waals surface area (Å²) < 4.78 is 11.3. The summed E-state index contributed by atoms with van der Waals surface area (Å²) in [6.07, 6.45) is 2.45. The molecule has 1 aliphatic rings. The number of nitrogens with one attached hydrogen (secondary N) is 2. The van der Waals surface area contributed by atoms with Gasteiger partial charge in [0.15, 0.2) is 0 Å². The van der Waals surface area contributed by atoms with E-state index in [0.29, 0.717) is 6.10 Å². The number of methoxy groups -OCH3 is 1. The molecule has 0 unspecified atom stereocenters. The zero-order valence-corrected chi connectivity index (χ0v) is 10.5. The molecule has 1 fully saturated rings. The number of piperidine rings is 1. The topological polar surface area (TPSA) is 42.5 Å². The first-order chi connectivity index (χ1) is 8.33. The Hall–Kier alpha value is -1.42. The van der Waals surface area contributed by atoms with Crippen LogP contribution in [-0.4, -0.2) is 33.4 Å². The van der Waals surface area contributed by atoms with Crippen LogP contribution in [0.25, 0.3) is 0 Å². The third kappa shape index (κ3) is 3.03. The van der Waals surface area contributed by atoms with Crippen molar-refractivity contribution >= 4 is 5.69 Å². The van der Waals surface area contributed by atoms with Crippen molar-refractivity contribution in [2.24, 2.45) is 0 Å². The predicted octanol–water partition coefficient (Wildman–Crippen LogP) is 1.87. The zero-order valence-electron chi connectivity index (χ0n) is 10.5. The molecule has 1 aliphatic heterocycles. The van der Waals surface area contributed by atoms with Gasteiger partial charge in [-0.1, -0.05) is 0 Å². The summed E-state index contributed by atoms with van der Waals surface area (Å²) in [5.41, 5.74) is 0.977. The number of anilines is 1. The lowest BCUT2D eigenvalue weighted by atomic mass is 10.1. The van der Waals surface area contributed by atoms with Gasteiger partial charge in [0.05, 0.1) is 12.8 Å². The Morgan fingerprint density at radius 2 is 2.06 bits per heavy atom. The normalized spacial score (nSPS) is 16.6. The second-order valence-electron chi connectivity index (χ2n) is 4.18. The quantitative estimate of drug-likeness (QED) is 0.837. The first kappa shape index (κ1) is 12.0. The number of ether oxygens (including phenoxy) is 2. The SMILES string of the molecule is CNc1ccc(OC2CCNCC2)cc1OC. The minimum atomic E-state index is 0.321. The first-order valence-electron chi connectivity index (χ1n) is 6.06. The van der Waals surface area contributed by atoms with Gasteiger partial charge in [0.25, 0.3) is 0 Å². The van der Waals surface area contributed by atoms with E-state index in [2.05, 4.69) is 10.6 Å². The molecule has 0 aromatic heterocycles. The summed E-state index contributed by atoms with van der Waals surface area (Å²) in [5, 5.41) is 6.41. The van der Waals surface area contributed by atoms with Gasteiger partial charge in [0, 0.05) is 13.1 Å². The van der Waals surface area contributed by atoms with E-state index in [1.165, 1.54) is 0 Å². The monoisotopic (exact) mass is 236 g/mol. The molecular weight excluding hydrogens is 216 g/mol. The molecule has 94 valence electrons. The van der Waals surface area contributed by atoms with Crippen molar-refractivity contribution in [2.45, 2.75) is 18.9 Å². The van der Waals surface area contributed by atoms with Crippen molar-refractivity contribution in [3.8, 4) is 11.5 Å². The fourth-order valence-corrected chi connectivity index (χ4v) is 2.06. The van der Waals surface area contributed by atoms with Gasteiger partial charge in [-0.05, 0) is 38.1 Å². The molecule has 2 N–H and O–H groups in total. The van der Waals surface area contributed by atoms with Crippen LogP contribution in [0.4, 0.5) is 5.69 Å². The number of rotatable bonds is 4. The van der Waals surface area contributed by atoms with Gasteiger partial charge < -0.3 is 20.1 Å². The Labute approximate surface area is 102 Å². The zero-order chi connectivity index (χ0) is 12.1. The highest BCUT2D eigenvalue weighted by Crippen LogP contribution is 2.29. The van der Waals surface area contributed by atoms with Crippen molar-refractivity contribution in [3.05, 3.63) is 18.2 Å². The average Bonchev–Trinajstić information content (AvgIpc) is 2.40. The van der Waals surface area contributed by atoms with Crippen LogP contribution in [0.5, 0.6) is 11.5 Å². The highest BCUT2D eigenvalue weighted by Gasteiger charge is 2.15. The van der Waals surface area contributed by atoms with Crippen LogP contribution in [-0.2, 0) is 0 Å². The van der Waals surface area contributed by atoms with Crippen molar-refractivity contribution in [1.29, 1.82) is 0 Å². The first-order valence-corrected chi connectivity index (χ1v) is 6.06. The van der Waals surface area contributed by atoms with E-state index in [4.69, 9.17) is 9.47 Å². The molecule has 0 radical (unpaired) electrons. The van der Waals surface area contributed by atoms with Crippen LogP contribution in [0.3, 0.4) is 0 Å². The van der Waals surface area contributed by atoms with Gasteiger partial charge in [-0.2, -0.15) is 0 Å². The van der Waals surface area contributed by atoms with Gasteiger partial charge in [0.2, 0.25) is 0 Å². The molecule has 0 aliphatic carbocycles. The van der Waals surface area contributed by atoms with Crippen LogP contribution in [0.15, 0.2) is 18.2 Å². The van der Waals surface area contributed by atoms with E-state index in [9.17, 15) is 0 Å². The van der Waals surface area contributed by atoms with Crippen LogP contribution < -0.4 is 20.1 Å². The van der Waals surface area contributed by atoms with Crippen LogP contribution >= 0.6 is 0 Å². The summed E-state index contributed by atoms with van der Waals surface area (Å²) in [6.45, 7) is 2.08. The summed E-state index contributed by atoms with van der Waals surface area (Å²) >= 11 is 0. The fraction of sp³-hybridized carbons (Fsp3) is 0.538. The van der Waals surface area contributed by atoms with Crippen molar-refractivity contribution in [1.82, 2.24) is 5.32 Å². The Morgan fingerprint density at radius 1 is 1.29 bits per heavy atom. The van der Waals surface area contributed by atoms with E-state index < -0.39 is 0 Å². The van der Waals surface area contributed by atoms with Crippen molar-refractivity contribution < 1.29 is 9.47 Å². The third-order valence-corrected chi connectivity index (χ3v) is 3.03. The maximum Gasteiger partial charge on any atom is 0.145 e. The van der Waals surface area contributed by atoms with E-state index in [0.717, 1.165) is 43.1 Å². The highest BCUT2D eigenvalue weighted by atomic mass is 16.5. The smallest absolute Gasteiger partial charge is 0.145 e. The van der Waals surface area contributed by atoms with Crippen LogP contribution in [0.2, 0.25) is 0 Å². The highest BCUT2D eigenvalue weighted by molar-refractivity contribution is 5.58. The van der Waals surface area contributed by atoms with Gasteiger partial charge in [-0.25, -0.2) is 0 Å². The molecule has 1 heterocycles. The Bertz CT molecular complexity index is 362. The number of hydrogen-bond donors (Lipinski definition) is 2. The fourth-order valence-electron chi connectivity index (χ4n) is 2.06. The maximum absolute atomic E-state index is 5.95. The van der Waals surface area contributed by atoms with Gasteiger partial charge >= 0.3 is 0 Å². The largest absolute Gasteiger partial charge is 0.494 e. The molecule has 1 aromatic rings. The van der Waals surface area contributed by atoms with Gasteiger partial charge in [-0.3, -0.25) is 0 Å². The van der Waals surface area contributed by atoms with E-state index >= 15 is 0 Å². The predicted molar refractivity (Wildman–Crippen MR) is 69.1 cm³/mol. The van der Waals surface area contributed by atoms with Gasteiger partial charge in [-0.15, -0.1) is 0 Å². The maximum atomic E-state index is 5.95. The molecule has 0 saturated carbocycles. The van der Waals surface area contributed by atoms with Crippen molar-refractivity contribution in [3.63, 3.8) is 0 Å². The molecule has 1 aromatic carbocycles. The molecule has 0 spiro atoms. The van der Waals surface area contributed by atoms with E-state index in [1.807, 2.05) is 25.2 Å². The van der Waals surface area contributed by atoms with Crippen LogP contribution in [0, 0.1) is 0 Å². The molecule has 4 nitrogen and oxygen atoms in total. The Balaban J connectivity index is 2.05. The molecule has 4 heteroatoms. The molecule has 1 saturated heterocycles. The second kappa shape index (κ2) is 5.77. The standard InChI is InChI=1S/C13H20N2O2/c1-14-12-4-3-11(9-13(12)16-2)17-10-5-7-15-8-6-10/h3-4,9-10,14-15H,5-8H2,1-2H3. The van der Waals surface area contributed by atoms with Crippen LogP contribution in [0.1, 0.15) is 12.8 Å². The molecular formula is C13H20N2O2. The minimum Gasteiger partial charge on any atom is -0.494 e. The second-order valence-corrected chi connectivity index (χ2v) is 4.18. The summed E-state index contributed by atoms with van der Waals surface area (Å²) in [6, 6.07) is 5.90. The summed E-state index contributed by atoms with van der Waals surface area (Å²) in [5.74, 6) is 1.70. The average molecular weight is 236 g/mol. The minimum absolute atomic E-state index is 0.321. The lowest BCUT2D eigenvalue weighted by Crippen LogP contribution is -2.34. The number of benzene rings is 1. The van der Waals surface area contributed by atoms with Crippen molar-refractivity contribution in [2.75, 3.05) is 32.6 Å². The molecule has 0 amide bonds. The van der Waals surface area contributed by atoms with E-state index in [-0.39, 0.29) is 0 Å². The number of hydrogen-bond acceptors (Lipinski definition) is 4. The molecule has 0 bridgehead atoms. The molecule has 0 atom stereocenters.